The molecule has 0 bridgehead atoms. The number of aliphatic hydroxyl groups is 1. The molecule has 4 heteroatoms. The standard InChI is InChI=1S/C20H22N2O2/c1-3-22(13-19(23)15-9-7-14(2)8-10-15)20(24)17-5-4-6-18-16(17)11-12-21-18/h4-12,19,21,23H,3,13H2,1-2H3. The molecular weight excluding hydrogens is 300 g/mol. The highest BCUT2D eigenvalue weighted by Crippen LogP contribution is 2.21. The van der Waals surface area contributed by atoms with E-state index in [9.17, 15) is 9.90 Å². The van der Waals surface area contributed by atoms with Crippen LogP contribution in [0.2, 0.25) is 0 Å². The van der Waals surface area contributed by atoms with Crippen LogP contribution in [0.5, 0.6) is 0 Å². The number of aryl methyl sites for hydroxylation is 1. The monoisotopic (exact) mass is 322 g/mol. The van der Waals surface area contributed by atoms with Gasteiger partial charge in [0.2, 0.25) is 0 Å². The van der Waals surface area contributed by atoms with Crippen molar-refractivity contribution in [1.29, 1.82) is 0 Å². The zero-order valence-corrected chi connectivity index (χ0v) is 14.0. The molecule has 3 aromatic rings. The first-order chi connectivity index (χ1) is 11.6. The zero-order valence-electron chi connectivity index (χ0n) is 14.0. The van der Waals surface area contributed by atoms with Crippen molar-refractivity contribution in [3.05, 3.63) is 71.4 Å². The van der Waals surface area contributed by atoms with Crippen molar-refractivity contribution in [2.75, 3.05) is 13.1 Å². The molecular formula is C20H22N2O2. The fraction of sp³-hybridized carbons (Fsp3) is 0.250. The van der Waals surface area contributed by atoms with E-state index in [1.54, 1.807) is 4.90 Å². The molecule has 0 saturated carbocycles. The Kier molecular flexibility index (Phi) is 4.67. The topological polar surface area (TPSA) is 56.3 Å². The van der Waals surface area contributed by atoms with E-state index in [1.165, 1.54) is 0 Å². The Balaban J connectivity index is 1.81. The van der Waals surface area contributed by atoms with Crippen LogP contribution in [-0.2, 0) is 0 Å². The lowest BCUT2D eigenvalue weighted by molar-refractivity contribution is 0.0637. The van der Waals surface area contributed by atoms with Gasteiger partial charge in [0.25, 0.3) is 5.91 Å². The van der Waals surface area contributed by atoms with E-state index >= 15 is 0 Å². The van der Waals surface area contributed by atoms with E-state index in [0.717, 1.165) is 22.0 Å². The number of likely N-dealkylation sites (N-methyl/N-ethyl adjacent to an activating group) is 1. The van der Waals surface area contributed by atoms with Gasteiger partial charge < -0.3 is 15.0 Å². The molecule has 3 rings (SSSR count). The van der Waals surface area contributed by atoms with Gasteiger partial charge in [0.15, 0.2) is 0 Å². The molecule has 124 valence electrons. The minimum atomic E-state index is -0.695. The van der Waals surface area contributed by atoms with Crippen molar-refractivity contribution >= 4 is 16.8 Å². The molecule has 1 aromatic heterocycles. The molecule has 0 aliphatic rings. The van der Waals surface area contributed by atoms with E-state index < -0.39 is 6.10 Å². The number of carbonyl (C=O) groups is 1. The van der Waals surface area contributed by atoms with Crippen LogP contribution in [0.1, 0.15) is 34.5 Å². The summed E-state index contributed by atoms with van der Waals surface area (Å²) in [5, 5.41) is 11.4. The highest BCUT2D eigenvalue weighted by atomic mass is 16.3. The Hall–Kier alpha value is -2.59. The largest absolute Gasteiger partial charge is 0.387 e. The Morgan fingerprint density at radius 2 is 1.92 bits per heavy atom. The number of nitrogens with zero attached hydrogens (tertiary/aromatic N) is 1. The number of hydrogen-bond acceptors (Lipinski definition) is 2. The third-order valence-electron chi connectivity index (χ3n) is 4.35. The fourth-order valence-electron chi connectivity index (χ4n) is 2.90. The van der Waals surface area contributed by atoms with Crippen molar-refractivity contribution in [2.24, 2.45) is 0 Å². The summed E-state index contributed by atoms with van der Waals surface area (Å²) in [5.74, 6) is -0.0612. The molecule has 1 amide bonds. The van der Waals surface area contributed by atoms with E-state index in [4.69, 9.17) is 0 Å². The second kappa shape index (κ2) is 6.89. The highest BCUT2D eigenvalue weighted by Gasteiger charge is 2.20. The molecule has 0 aliphatic heterocycles. The van der Waals surface area contributed by atoms with Gasteiger partial charge in [-0.1, -0.05) is 35.9 Å². The number of aromatic nitrogens is 1. The number of rotatable bonds is 5. The Labute approximate surface area is 141 Å². The number of nitrogens with one attached hydrogen (secondary N) is 1. The molecule has 2 N–H and O–H groups in total. The number of H-pyrrole nitrogens is 1. The van der Waals surface area contributed by atoms with E-state index in [2.05, 4.69) is 4.98 Å². The van der Waals surface area contributed by atoms with Gasteiger partial charge in [-0.2, -0.15) is 0 Å². The van der Waals surface area contributed by atoms with Crippen LogP contribution in [-0.4, -0.2) is 34.0 Å². The second-order valence-electron chi connectivity index (χ2n) is 6.01. The third-order valence-corrected chi connectivity index (χ3v) is 4.35. The number of carbonyl (C=O) groups excluding carboxylic acids is 1. The third kappa shape index (κ3) is 3.19. The van der Waals surface area contributed by atoms with Crippen LogP contribution in [0, 0.1) is 6.92 Å². The maximum absolute atomic E-state index is 12.9. The number of amides is 1. The molecule has 0 radical (unpaired) electrons. The van der Waals surface area contributed by atoms with Crippen LogP contribution in [0.3, 0.4) is 0 Å². The molecule has 0 aliphatic carbocycles. The van der Waals surface area contributed by atoms with Gasteiger partial charge in [-0.15, -0.1) is 0 Å². The number of aliphatic hydroxyl groups excluding tert-OH is 1. The number of fused-ring (bicyclic) bond motifs is 1. The van der Waals surface area contributed by atoms with E-state index in [0.29, 0.717) is 12.1 Å². The van der Waals surface area contributed by atoms with Crippen LogP contribution in [0.4, 0.5) is 0 Å². The number of aromatic amines is 1. The van der Waals surface area contributed by atoms with Crippen molar-refractivity contribution in [3.63, 3.8) is 0 Å². The van der Waals surface area contributed by atoms with Gasteiger partial charge in [-0.3, -0.25) is 4.79 Å². The van der Waals surface area contributed by atoms with Gasteiger partial charge in [-0.05, 0) is 37.6 Å². The Bertz CT molecular complexity index is 836. The highest BCUT2D eigenvalue weighted by molar-refractivity contribution is 6.06. The zero-order chi connectivity index (χ0) is 17.1. The van der Waals surface area contributed by atoms with Gasteiger partial charge in [0.1, 0.15) is 0 Å². The van der Waals surface area contributed by atoms with Gasteiger partial charge >= 0.3 is 0 Å². The summed E-state index contributed by atoms with van der Waals surface area (Å²) in [6.45, 7) is 4.76. The molecule has 1 heterocycles. The van der Waals surface area contributed by atoms with Crippen molar-refractivity contribution in [2.45, 2.75) is 20.0 Å². The molecule has 4 nitrogen and oxygen atoms in total. The summed E-state index contributed by atoms with van der Waals surface area (Å²) >= 11 is 0. The number of benzene rings is 2. The second-order valence-corrected chi connectivity index (χ2v) is 6.01. The lowest BCUT2D eigenvalue weighted by Crippen LogP contribution is -2.34. The van der Waals surface area contributed by atoms with E-state index in [-0.39, 0.29) is 12.5 Å². The molecule has 1 atom stereocenters. The first kappa shape index (κ1) is 16.3. The molecule has 0 spiro atoms. The predicted octanol–water partition coefficient (Wildman–Crippen LogP) is 3.67. The van der Waals surface area contributed by atoms with Crippen LogP contribution in [0.25, 0.3) is 10.9 Å². The molecule has 0 saturated heterocycles. The maximum atomic E-state index is 12.9. The quantitative estimate of drug-likeness (QED) is 0.753. The van der Waals surface area contributed by atoms with Crippen molar-refractivity contribution < 1.29 is 9.90 Å². The predicted molar refractivity (Wildman–Crippen MR) is 96.0 cm³/mol. The SMILES string of the molecule is CCN(CC(O)c1ccc(C)cc1)C(=O)c1cccc2[nH]ccc12. The molecule has 0 fully saturated rings. The summed E-state index contributed by atoms with van der Waals surface area (Å²) in [4.78, 5) is 17.7. The summed E-state index contributed by atoms with van der Waals surface area (Å²) in [7, 11) is 0. The normalized spacial score (nSPS) is 12.3. The molecule has 24 heavy (non-hydrogen) atoms. The minimum Gasteiger partial charge on any atom is -0.387 e. The first-order valence-electron chi connectivity index (χ1n) is 8.20. The van der Waals surface area contributed by atoms with Gasteiger partial charge in [0.05, 0.1) is 12.6 Å². The van der Waals surface area contributed by atoms with Crippen molar-refractivity contribution in [1.82, 2.24) is 9.88 Å². The van der Waals surface area contributed by atoms with Gasteiger partial charge in [0, 0.05) is 29.2 Å². The average Bonchev–Trinajstić information content (AvgIpc) is 3.08. The maximum Gasteiger partial charge on any atom is 0.254 e. The fourth-order valence-corrected chi connectivity index (χ4v) is 2.90. The van der Waals surface area contributed by atoms with Crippen LogP contribution >= 0.6 is 0 Å². The van der Waals surface area contributed by atoms with E-state index in [1.807, 2.05) is 68.6 Å². The first-order valence-corrected chi connectivity index (χ1v) is 8.20. The lowest BCUT2D eigenvalue weighted by atomic mass is 10.1. The Morgan fingerprint density at radius 3 is 2.62 bits per heavy atom. The number of hydrogen-bond donors (Lipinski definition) is 2. The molecule has 2 aromatic carbocycles. The van der Waals surface area contributed by atoms with Gasteiger partial charge in [-0.25, -0.2) is 0 Å². The van der Waals surface area contributed by atoms with Crippen LogP contribution < -0.4 is 0 Å². The average molecular weight is 322 g/mol. The lowest BCUT2D eigenvalue weighted by Gasteiger charge is -2.24. The van der Waals surface area contributed by atoms with Crippen molar-refractivity contribution in [3.8, 4) is 0 Å². The smallest absolute Gasteiger partial charge is 0.254 e. The summed E-state index contributed by atoms with van der Waals surface area (Å²) in [6.07, 6.45) is 1.14. The summed E-state index contributed by atoms with van der Waals surface area (Å²) in [6, 6.07) is 15.3. The molecule has 1 unspecified atom stereocenters. The summed E-state index contributed by atoms with van der Waals surface area (Å²) in [5.41, 5.74) is 3.57. The summed E-state index contributed by atoms with van der Waals surface area (Å²) < 4.78 is 0. The Morgan fingerprint density at radius 1 is 1.17 bits per heavy atom. The van der Waals surface area contributed by atoms with Crippen LogP contribution in [0.15, 0.2) is 54.7 Å². The minimum absolute atomic E-state index is 0.0612.